The summed E-state index contributed by atoms with van der Waals surface area (Å²) in [6, 6.07) is 17.2. The van der Waals surface area contributed by atoms with Gasteiger partial charge >= 0.3 is 0 Å². The largest absolute Gasteiger partial charge is 0.489 e. The predicted molar refractivity (Wildman–Crippen MR) is 117 cm³/mol. The Labute approximate surface area is 187 Å². The molecule has 0 bridgehead atoms. The molecule has 7 nitrogen and oxygen atoms in total. The van der Waals surface area contributed by atoms with Crippen LogP contribution in [0.25, 0.3) is 22.8 Å². The number of benzene rings is 3. The van der Waals surface area contributed by atoms with E-state index in [1.54, 1.807) is 37.3 Å². The number of aromatic nitrogens is 2. The smallest absolute Gasteiger partial charge is 0.272 e. The van der Waals surface area contributed by atoms with Crippen LogP contribution in [0.3, 0.4) is 0 Å². The van der Waals surface area contributed by atoms with E-state index in [1.807, 2.05) is 24.3 Å². The maximum absolute atomic E-state index is 10.9. The average Bonchev–Trinajstić information content (AvgIpc) is 3.22. The molecule has 156 valence electrons. The first-order chi connectivity index (χ1) is 14.9. The zero-order valence-corrected chi connectivity index (χ0v) is 17.7. The summed E-state index contributed by atoms with van der Waals surface area (Å²) in [5.41, 5.74) is 2.81. The van der Waals surface area contributed by atoms with Gasteiger partial charge in [-0.3, -0.25) is 10.1 Å². The number of nitro groups is 1. The Morgan fingerprint density at radius 1 is 1.10 bits per heavy atom. The number of ether oxygens (including phenoxy) is 1. The molecule has 31 heavy (non-hydrogen) atoms. The SMILES string of the molecule is Cc1cc(OCc2cccc(-c3nc(-c4ccc(Cl)cc4Cl)no3)c2)ccc1[N+](=O)[O-]. The normalized spacial score (nSPS) is 10.8. The lowest BCUT2D eigenvalue weighted by atomic mass is 10.1. The van der Waals surface area contributed by atoms with Crippen LogP contribution in [-0.2, 0) is 6.61 Å². The van der Waals surface area contributed by atoms with Gasteiger partial charge in [0.05, 0.1) is 9.95 Å². The van der Waals surface area contributed by atoms with Crippen LogP contribution >= 0.6 is 23.2 Å². The molecule has 3 aromatic carbocycles. The van der Waals surface area contributed by atoms with Crippen LogP contribution in [0, 0.1) is 17.0 Å². The molecule has 1 aromatic heterocycles. The Bertz CT molecular complexity index is 1270. The van der Waals surface area contributed by atoms with Crippen LogP contribution in [0.1, 0.15) is 11.1 Å². The predicted octanol–water partition coefficient (Wildman–Crippen LogP) is 6.51. The van der Waals surface area contributed by atoms with Gasteiger partial charge in [0.25, 0.3) is 11.6 Å². The molecule has 0 spiro atoms. The highest BCUT2D eigenvalue weighted by Gasteiger charge is 2.14. The second-order valence-corrected chi connectivity index (χ2v) is 7.59. The first kappa shape index (κ1) is 20.8. The van der Waals surface area contributed by atoms with Crippen LogP contribution < -0.4 is 4.74 Å². The standard InChI is InChI=1S/C22H15Cl2N3O4/c1-13-9-17(6-8-20(13)27(28)29)30-12-14-3-2-4-15(10-14)22-25-21(26-31-22)18-7-5-16(23)11-19(18)24/h2-11H,12H2,1H3. The summed E-state index contributed by atoms with van der Waals surface area (Å²) in [7, 11) is 0. The van der Waals surface area contributed by atoms with E-state index < -0.39 is 4.92 Å². The van der Waals surface area contributed by atoms with Gasteiger partial charge in [-0.15, -0.1) is 0 Å². The number of nitrogens with zero attached hydrogens (tertiary/aromatic N) is 3. The molecule has 0 fully saturated rings. The molecular formula is C22H15Cl2N3O4. The monoisotopic (exact) mass is 455 g/mol. The Hall–Kier alpha value is -3.42. The van der Waals surface area contributed by atoms with Crippen molar-refractivity contribution in [2.45, 2.75) is 13.5 Å². The third kappa shape index (κ3) is 4.68. The molecule has 0 aliphatic carbocycles. The van der Waals surface area contributed by atoms with Crippen molar-refractivity contribution < 1.29 is 14.2 Å². The number of aryl methyl sites for hydroxylation is 1. The summed E-state index contributed by atoms with van der Waals surface area (Å²) < 4.78 is 11.2. The molecule has 0 aliphatic rings. The van der Waals surface area contributed by atoms with Crippen molar-refractivity contribution in [2.75, 3.05) is 0 Å². The van der Waals surface area contributed by atoms with Gasteiger partial charge in [-0.1, -0.05) is 40.5 Å². The van der Waals surface area contributed by atoms with E-state index in [1.165, 1.54) is 6.07 Å². The Morgan fingerprint density at radius 3 is 2.68 bits per heavy atom. The third-order valence-electron chi connectivity index (χ3n) is 4.54. The van der Waals surface area contributed by atoms with Crippen LogP contribution in [0.2, 0.25) is 10.0 Å². The van der Waals surface area contributed by atoms with E-state index in [-0.39, 0.29) is 12.3 Å². The van der Waals surface area contributed by atoms with Gasteiger partial charge in [-0.2, -0.15) is 4.98 Å². The van der Waals surface area contributed by atoms with Gasteiger partial charge in [-0.25, -0.2) is 0 Å². The molecule has 0 unspecified atom stereocenters. The lowest BCUT2D eigenvalue weighted by Gasteiger charge is -2.08. The fraction of sp³-hybridized carbons (Fsp3) is 0.0909. The van der Waals surface area contributed by atoms with Crippen molar-refractivity contribution in [3.63, 3.8) is 0 Å². The number of rotatable bonds is 6. The summed E-state index contributed by atoms with van der Waals surface area (Å²) in [4.78, 5) is 15.0. The molecule has 0 amide bonds. The molecule has 0 aliphatic heterocycles. The summed E-state index contributed by atoms with van der Waals surface area (Å²) in [5, 5.41) is 15.9. The van der Waals surface area contributed by atoms with Crippen molar-refractivity contribution >= 4 is 28.9 Å². The molecule has 1 heterocycles. The number of hydrogen-bond acceptors (Lipinski definition) is 6. The number of hydrogen-bond donors (Lipinski definition) is 0. The Kier molecular flexibility index (Phi) is 5.88. The van der Waals surface area contributed by atoms with Crippen LogP contribution in [0.15, 0.2) is 65.2 Å². The van der Waals surface area contributed by atoms with Gasteiger partial charge in [-0.05, 0) is 55.0 Å². The quantitative estimate of drug-likeness (QED) is 0.243. The number of nitro benzene ring substituents is 1. The zero-order chi connectivity index (χ0) is 22.0. The minimum absolute atomic E-state index is 0.0577. The molecule has 0 saturated carbocycles. The third-order valence-corrected chi connectivity index (χ3v) is 5.09. The highest BCUT2D eigenvalue weighted by atomic mass is 35.5. The van der Waals surface area contributed by atoms with Crippen molar-refractivity contribution in [1.29, 1.82) is 0 Å². The second-order valence-electron chi connectivity index (χ2n) is 6.74. The Balaban J connectivity index is 1.51. The molecule has 9 heteroatoms. The van der Waals surface area contributed by atoms with Crippen molar-refractivity contribution in [3.8, 4) is 28.6 Å². The highest BCUT2D eigenvalue weighted by Crippen LogP contribution is 2.30. The maximum Gasteiger partial charge on any atom is 0.272 e. The molecule has 0 radical (unpaired) electrons. The van der Waals surface area contributed by atoms with Crippen LogP contribution in [0.5, 0.6) is 5.75 Å². The maximum atomic E-state index is 10.9. The molecule has 0 atom stereocenters. The summed E-state index contributed by atoms with van der Waals surface area (Å²) in [6.45, 7) is 1.95. The van der Waals surface area contributed by atoms with E-state index in [4.69, 9.17) is 32.5 Å². The minimum Gasteiger partial charge on any atom is -0.489 e. The second kappa shape index (κ2) is 8.75. The lowest BCUT2D eigenvalue weighted by Crippen LogP contribution is -1.97. The molecule has 0 saturated heterocycles. The number of halogens is 2. The molecular weight excluding hydrogens is 441 g/mol. The van der Waals surface area contributed by atoms with E-state index in [9.17, 15) is 10.1 Å². The van der Waals surface area contributed by atoms with Crippen LogP contribution in [0.4, 0.5) is 5.69 Å². The van der Waals surface area contributed by atoms with Gasteiger partial charge < -0.3 is 9.26 Å². The minimum atomic E-state index is -0.418. The molecule has 4 aromatic rings. The highest BCUT2D eigenvalue weighted by molar-refractivity contribution is 6.36. The zero-order valence-electron chi connectivity index (χ0n) is 16.2. The van der Waals surface area contributed by atoms with Crippen molar-refractivity contribution in [3.05, 3.63) is 92.0 Å². The van der Waals surface area contributed by atoms with E-state index in [2.05, 4.69) is 10.1 Å². The summed E-state index contributed by atoms with van der Waals surface area (Å²) in [6.07, 6.45) is 0. The fourth-order valence-corrected chi connectivity index (χ4v) is 3.50. The van der Waals surface area contributed by atoms with Crippen molar-refractivity contribution in [1.82, 2.24) is 10.1 Å². The van der Waals surface area contributed by atoms with E-state index >= 15 is 0 Å². The molecule has 0 N–H and O–H groups in total. The van der Waals surface area contributed by atoms with Gasteiger partial charge in [0, 0.05) is 27.8 Å². The first-order valence-electron chi connectivity index (χ1n) is 9.17. The average molecular weight is 456 g/mol. The molecule has 4 rings (SSSR count). The summed E-state index contributed by atoms with van der Waals surface area (Å²) in [5.74, 6) is 1.25. The van der Waals surface area contributed by atoms with Gasteiger partial charge in [0.2, 0.25) is 5.82 Å². The van der Waals surface area contributed by atoms with Crippen LogP contribution in [-0.4, -0.2) is 15.1 Å². The summed E-state index contributed by atoms with van der Waals surface area (Å²) >= 11 is 12.2. The van der Waals surface area contributed by atoms with E-state index in [0.717, 1.165) is 11.1 Å². The lowest BCUT2D eigenvalue weighted by molar-refractivity contribution is -0.385. The Morgan fingerprint density at radius 2 is 1.94 bits per heavy atom. The fourth-order valence-electron chi connectivity index (χ4n) is 3.00. The first-order valence-corrected chi connectivity index (χ1v) is 9.92. The topological polar surface area (TPSA) is 91.3 Å². The van der Waals surface area contributed by atoms with Gasteiger partial charge in [0.15, 0.2) is 0 Å². The van der Waals surface area contributed by atoms with E-state index in [0.29, 0.717) is 38.6 Å². The van der Waals surface area contributed by atoms with Crippen molar-refractivity contribution in [2.24, 2.45) is 0 Å². The van der Waals surface area contributed by atoms with Gasteiger partial charge in [0.1, 0.15) is 12.4 Å².